The van der Waals surface area contributed by atoms with E-state index in [9.17, 15) is 0 Å². The van der Waals surface area contributed by atoms with Gasteiger partial charge in [0.25, 0.3) is 0 Å². The number of imidazole rings is 1. The summed E-state index contributed by atoms with van der Waals surface area (Å²) in [4.78, 5) is 20.2. The standard InChI is InChI=1S/C48H31N5/c1-3-11-32(12-4-1)33-22-28-39(29-23-33)47-49-42(36-13-5-2-6-14-36)31-43(50-47)37-24-18-34(19-25-37)35-20-26-38(27-21-35)45-40-15-7-8-16-41(40)46-48(52-45)53-30-10-9-17-44(53)51-46/h1-31H. The fraction of sp³-hybridized carbons (Fsp3) is 0. The smallest absolute Gasteiger partial charge is 0.165 e. The SMILES string of the molecule is c1ccc(-c2ccc(-c3nc(-c4ccccc4)cc(-c4ccc(-c5ccc(-c6nc7c(nc8ccccn87)c7ccccc67)cc5)cc4)n3)cc2)cc1. The number of hydrogen-bond donors (Lipinski definition) is 0. The van der Waals surface area contributed by atoms with Gasteiger partial charge >= 0.3 is 0 Å². The fourth-order valence-corrected chi connectivity index (χ4v) is 7.13. The molecule has 0 atom stereocenters. The highest BCUT2D eigenvalue weighted by Crippen LogP contribution is 2.35. The van der Waals surface area contributed by atoms with E-state index in [-0.39, 0.29) is 0 Å². The van der Waals surface area contributed by atoms with E-state index in [0.717, 1.165) is 83.6 Å². The lowest BCUT2D eigenvalue weighted by Crippen LogP contribution is -1.96. The lowest BCUT2D eigenvalue weighted by molar-refractivity contribution is 1.18. The number of aromatic nitrogens is 5. The number of rotatable bonds is 6. The summed E-state index contributed by atoms with van der Waals surface area (Å²) in [6, 6.07) is 63.0. The van der Waals surface area contributed by atoms with Crippen molar-refractivity contribution >= 4 is 27.6 Å². The topological polar surface area (TPSA) is 56.0 Å². The Morgan fingerprint density at radius 2 is 0.811 bits per heavy atom. The molecule has 248 valence electrons. The Kier molecular flexibility index (Phi) is 7.40. The van der Waals surface area contributed by atoms with Crippen LogP contribution >= 0.6 is 0 Å². The van der Waals surface area contributed by atoms with E-state index in [0.29, 0.717) is 5.82 Å². The summed E-state index contributed by atoms with van der Waals surface area (Å²) >= 11 is 0. The third kappa shape index (κ3) is 5.61. The van der Waals surface area contributed by atoms with Gasteiger partial charge in [-0.15, -0.1) is 0 Å². The van der Waals surface area contributed by atoms with E-state index < -0.39 is 0 Å². The Balaban J connectivity index is 0.986. The van der Waals surface area contributed by atoms with Gasteiger partial charge in [0.2, 0.25) is 0 Å². The van der Waals surface area contributed by atoms with E-state index in [1.807, 2.05) is 48.7 Å². The predicted molar refractivity (Wildman–Crippen MR) is 216 cm³/mol. The largest absolute Gasteiger partial charge is 0.284 e. The van der Waals surface area contributed by atoms with Gasteiger partial charge in [-0.1, -0.05) is 164 Å². The molecule has 0 N–H and O–H groups in total. The van der Waals surface area contributed by atoms with Crippen LogP contribution in [0.15, 0.2) is 188 Å². The van der Waals surface area contributed by atoms with Crippen LogP contribution in [0, 0.1) is 0 Å². The molecule has 10 aromatic rings. The van der Waals surface area contributed by atoms with Crippen LogP contribution in [0.1, 0.15) is 0 Å². The molecule has 0 aliphatic carbocycles. The molecule has 0 saturated carbocycles. The van der Waals surface area contributed by atoms with Crippen molar-refractivity contribution in [2.45, 2.75) is 0 Å². The fourth-order valence-electron chi connectivity index (χ4n) is 7.13. The van der Waals surface area contributed by atoms with Crippen molar-refractivity contribution in [3.8, 4) is 67.4 Å². The van der Waals surface area contributed by atoms with Crippen molar-refractivity contribution in [1.82, 2.24) is 24.3 Å². The molecule has 0 aliphatic heterocycles. The van der Waals surface area contributed by atoms with Crippen molar-refractivity contribution in [2.75, 3.05) is 0 Å². The summed E-state index contributed by atoms with van der Waals surface area (Å²) in [5.74, 6) is 0.698. The van der Waals surface area contributed by atoms with Crippen molar-refractivity contribution < 1.29 is 0 Å². The second-order valence-electron chi connectivity index (χ2n) is 13.1. The zero-order valence-electron chi connectivity index (χ0n) is 28.6. The van der Waals surface area contributed by atoms with Crippen LogP contribution in [0.5, 0.6) is 0 Å². The van der Waals surface area contributed by atoms with Crippen LogP contribution in [0.25, 0.3) is 95.0 Å². The number of hydrogen-bond acceptors (Lipinski definition) is 4. The predicted octanol–water partition coefficient (Wildman–Crippen LogP) is 11.8. The molecular formula is C48H31N5. The molecule has 0 amide bonds. The molecular weight excluding hydrogens is 647 g/mol. The molecule has 10 rings (SSSR count). The maximum absolute atomic E-state index is 5.17. The minimum atomic E-state index is 0.698. The van der Waals surface area contributed by atoms with Gasteiger partial charge in [-0.05, 0) is 40.5 Å². The molecule has 5 heteroatoms. The first kappa shape index (κ1) is 30.6. The summed E-state index contributed by atoms with van der Waals surface area (Å²) in [5, 5.41) is 2.19. The highest BCUT2D eigenvalue weighted by Gasteiger charge is 2.16. The zero-order valence-corrected chi connectivity index (χ0v) is 28.6. The Morgan fingerprint density at radius 1 is 0.340 bits per heavy atom. The molecule has 0 aliphatic rings. The number of nitrogens with zero attached hydrogens (tertiary/aromatic N) is 5. The third-order valence-electron chi connectivity index (χ3n) is 9.88. The number of pyridine rings is 2. The van der Waals surface area contributed by atoms with E-state index in [2.05, 4.69) is 144 Å². The quantitative estimate of drug-likeness (QED) is 0.176. The van der Waals surface area contributed by atoms with E-state index >= 15 is 0 Å². The maximum Gasteiger partial charge on any atom is 0.165 e. The van der Waals surface area contributed by atoms with Gasteiger partial charge in [0.1, 0.15) is 11.2 Å². The summed E-state index contributed by atoms with van der Waals surface area (Å²) < 4.78 is 2.06. The minimum absolute atomic E-state index is 0.698. The monoisotopic (exact) mass is 677 g/mol. The van der Waals surface area contributed by atoms with Gasteiger partial charge < -0.3 is 0 Å². The van der Waals surface area contributed by atoms with E-state index in [1.165, 1.54) is 5.56 Å². The summed E-state index contributed by atoms with van der Waals surface area (Å²) in [6.45, 7) is 0. The maximum atomic E-state index is 5.17. The molecule has 0 bridgehead atoms. The average molecular weight is 678 g/mol. The Labute approximate surface area is 306 Å². The van der Waals surface area contributed by atoms with Crippen LogP contribution in [-0.4, -0.2) is 24.3 Å². The Bertz CT molecular complexity index is 2900. The summed E-state index contributed by atoms with van der Waals surface area (Å²) in [6.07, 6.45) is 2.02. The molecule has 0 fully saturated rings. The van der Waals surface area contributed by atoms with Gasteiger partial charge in [-0.3, -0.25) is 4.40 Å². The van der Waals surface area contributed by atoms with Crippen LogP contribution in [0.2, 0.25) is 0 Å². The van der Waals surface area contributed by atoms with Crippen molar-refractivity contribution in [1.29, 1.82) is 0 Å². The second kappa shape index (κ2) is 12.8. The van der Waals surface area contributed by atoms with Crippen molar-refractivity contribution in [3.63, 3.8) is 0 Å². The third-order valence-corrected chi connectivity index (χ3v) is 9.88. The van der Waals surface area contributed by atoms with Crippen molar-refractivity contribution in [3.05, 3.63) is 188 Å². The summed E-state index contributed by atoms with van der Waals surface area (Å²) in [5.41, 5.74) is 14.1. The normalized spacial score (nSPS) is 11.4. The molecule has 0 saturated heterocycles. The van der Waals surface area contributed by atoms with Gasteiger partial charge in [-0.25, -0.2) is 19.9 Å². The molecule has 4 aromatic heterocycles. The summed E-state index contributed by atoms with van der Waals surface area (Å²) in [7, 11) is 0. The highest BCUT2D eigenvalue weighted by atomic mass is 15.1. The number of benzene rings is 6. The first-order valence-electron chi connectivity index (χ1n) is 17.7. The van der Waals surface area contributed by atoms with E-state index in [1.54, 1.807) is 0 Å². The molecule has 0 spiro atoms. The molecule has 0 unspecified atom stereocenters. The van der Waals surface area contributed by atoms with Gasteiger partial charge in [0, 0.05) is 39.2 Å². The zero-order chi connectivity index (χ0) is 35.1. The highest BCUT2D eigenvalue weighted by molar-refractivity contribution is 6.09. The van der Waals surface area contributed by atoms with Crippen LogP contribution in [0.4, 0.5) is 0 Å². The first-order valence-corrected chi connectivity index (χ1v) is 17.7. The minimum Gasteiger partial charge on any atom is -0.284 e. The van der Waals surface area contributed by atoms with Crippen LogP contribution in [0.3, 0.4) is 0 Å². The first-order chi connectivity index (χ1) is 26.2. The van der Waals surface area contributed by atoms with Crippen molar-refractivity contribution in [2.24, 2.45) is 0 Å². The molecule has 6 aromatic carbocycles. The van der Waals surface area contributed by atoms with Gasteiger partial charge in [-0.2, -0.15) is 0 Å². The Morgan fingerprint density at radius 3 is 1.45 bits per heavy atom. The molecule has 53 heavy (non-hydrogen) atoms. The Hall–Kier alpha value is -7.24. The van der Waals surface area contributed by atoms with Crippen LogP contribution in [-0.2, 0) is 0 Å². The molecule has 0 radical (unpaired) electrons. The van der Waals surface area contributed by atoms with Crippen LogP contribution < -0.4 is 0 Å². The lowest BCUT2D eigenvalue weighted by Gasteiger charge is -2.11. The number of fused-ring (bicyclic) bond motifs is 5. The molecule has 5 nitrogen and oxygen atoms in total. The lowest BCUT2D eigenvalue weighted by atomic mass is 9.98. The van der Waals surface area contributed by atoms with Gasteiger partial charge in [0.05, 0.1) is 17.1 Å². The van der Waals surface area contributed by atoms with Gasteiger partial charge in [0.15, 0.2) is 11.5 Å². The van der Waals surface area contributed by atoms with E-state index in [4.69, 9.17) is 19.9 Å². The second-order valence-corrected chi connectivity index (χ2v) is 13.1. The molecule has 4 heterocycles. The average Bonchev–Trinajstić information content (AvgIpc) is 3.63.